The molecule has 72 valence electrons. The fraction of sp³-hybridized carbons (Fsp3) is 0.250. The normalized spacial score (nSPS) is 12.6. The molecule has 0 amide bonds. The van der Waals surface area contributed by atoms with Crippen LogP contribution >= 0.6 is 11.5 Å². The monoisotopic (exact) mass is 207 g/mol. The summed E-state index contributed by atoms with van der Waals surface area (Å²) in [6.45, 7) is 0. The van der Waals surface area contributed by atoms with Crippen LogP contribution in [-0.4, -0.2) is 26.6 Å². The van der Waals surface area contributed by atoms with E-state index in [0.29, 0.717) is 0 Å². The zero-order valence-electron chi connectivity index (χ0n) is 7.58. The average Bonchev–Trinajstić information content (AvgIpc) is 2.74. The van der Waals surface area contributed by atoms with Crippen molar-refractivity contribution in [2.24, 2.45) is 0 Å². The maximum atomic E-state index is 4.22. The summed E-state index contributed by atoms with van der Waals surface area (Å²) in [4.78, 5) is 8.23. The van der Waals surface area contributed by atoms with E-state index in [1.807, 2.05) is 12.4 Å². The van der Waals surface area contributed by atoms with Crippen LogP contribution < -0.4 is 5.32 Å². The molecule has 5 nitrogen and oxygen atoms in total. The van der Waals surface area contributed by atoms with Crippen molar-refractivity contribution in [3.05, 3.63) is 35.4 Å². The molecule has 0 saturated carbocycles. The largest absolute Gasteiger partial charge is 0.307 e. The summed E-state index contributed by atoms with van der Waals surface area (Å²) in [6, 6.07) is -0.0255. The Morgan fingerprint density at radius 2 is 2.29 bits per heavy atom. The van der Waals surface area contributed by atoms with Crippen molar-refractivity contribution in [1.29, 1.82) is 0 Å². The highest BCUT2D eigenvalue weighted by Gasteiger charge is 2.15. The summed E-state index contributed by atoms with van der Waals surface area (Å²) in [5.41, 5.74) is 1.72. The molecule has 0 spiro atoms. The third-order valence-corrected chi connectivity index (χ3v) is 2.36. The van der Waals surface area contributed by atoms with Crippen molar-refractivity contribution in [3.8, 4) is 0 Å². The lowest BCUT2D eigenvalue weighted by Crippen LogP contribution is -2.19. The lowest BCUT2D eigenvalue weighted by molar-refractivity contribution is 0.645. The van der Waals surface area contributed by atoms with Crippen molar-refractivity contribution in [1.82, 2.24) is 24.9 Å². The van der Waals surface area contributed by atoms with E-state index in [4.69, 9.17) is 0 Å². The van der Waals surface area contributed by atoms with Crippen LogP contribution in [0.3, 0.4) is 0 Å². The van der Waals surface area contributed by atoms with E-state index in [2.05, 4.69) is 24.9 Å². The van der Waals surface area contributed by atoms with Crippen LogP contribution in [0.15, 0.2) is 24.0 Å². The van der Waals surface area contributed by atoms with Crippen LogP contribution in [-0.2, 0) is 0 Å². The predicted molar refractivity (Wildman–Crippen MR) is 52.8 cm³/mol. The summed E-state index contributed by atoms with van der Waals surface area (Å²) in [5.74, 6) is 0. The number of aromatic nitrogens is 4. The van der Waals surface area contributed by atoms with Gasteiger partial charge in [0, 0.05) is 17.8 Å². The minimum atomic E-state index is -0.0255. The van der Waals surface area contributed by atoms with Crippen molar-refractivity contribution >= 4 is 11.5 Å². The maximum absolute atomic E-state index is 4.22. The molecule has 0 bridgehead atoms. The van der Waals surface area contributed by atoms with Gasteiger partial charge < -0.3 is 5.32 Å². The van der Waals surface area contributed by atoms with Crippen molar-refractivity contribution in [2.45, 2.75) is 6.04 Å². The van der Waals surface area contributed by atoms with E-state index in [0.717, 1.165) is 11.4 Å². The molecule has 0 radical (unpaired) electrons. The predicted octanol–water partition coefficient (Wildman–Crippen LogP) is 0.637. The second kappa shape index (κ2) is 4.21. The Labute approximate surface area is 85.4 Å². The Bertz CT molecular complexity index is 374. The highest BCUT2D eigenvalue weighted by molar-refractivity contribution is 7.03. The molecule has 0 aliphatic rings. The van der Waals surface area contributed by atoms with Gasteiger partial charge in [-0.25, -0.2) is 0 Å². The molecule has 1 unspecified atom stereocenters. The van der Waals surface area contributed by atoms with Crippen LogP contribution in [0.1, 0.15) is 17.4 Å². The zero-order valence-corrected chi connectivity index (χ0v) is 8.40. The van der Waals surface area contributed by atoms with Gasteiger partial charge in [0.05, 0.1) is 23.6 Å². The van der Waals surface area contributed by atoms with Gasteiger partial charge in [0.2, 0.25) is 0 Å². The summed E-state index contributed by atoms with van der Waals surface area (Å²) in [5, 5.41) is 9.02. The molecule has 1 atom stereocenters. The molecule has 1 N–H and O–H groups in total. The lowest BCUT2D eigenvalue weighted by Gasteiger charge is -2.11. The highest BCUT2D eigenvalue weighted by Crippen LogP contribution is 2.17. The fourth-order valence-electron chi connectivity index (χ4n) is 1.20. The van der Waals surface area contributed by atoms with Gasteiger partial charge in [-0.1, -0.05) is 4.49 Å². The second-order valence-electron chi connectivity index (χ2n) is 2.68. The number of hydrogen-bond acceptors (Lipinski definition) is 6. The highest BCUT2D eigenvalue weighted by atomic mass is 32.1. The van der Waals surface area contributed by atoms with Crippen LogP contribution in [0.2, 0.25) is 0 Å². The van der Waals surface area contributed by atoms with E-state index in [1.54, 1.807) is 18.6 Å². The summed E-state index contributed by atoms with van der Waals surface area (Å²) in [7, 11) is 1.86. The fourth-order valence-corrected chi connectivity index (χ4v) is 1.68. The molecule has 2 aromatic rings. The number of hydrogen-bond donors (Lipinski definition) is 1. The Kier molecular flexibility index (Phi) is 2.76. The molecular formula is C8H9N5S. The SMILES string of the molecule is CNC(c1cnccn1)c1csnn1. The molecule has 0 aliphatic heterocycles. The first-order chi connectivity index (χ1) is 6.92. The summed E-state index contributed by atoms with van der Waals surface area (Å²) in [6.07, 6.45) is 5.04. The number of nitrogens with zero attached hydrogens (tertiary/aromatic N) is 4. The third-order valence-electron chi connectivity index (χ3n) is 1.84. The van der Waals surface area contributed by atoms with E-state index in [-0.39, 0.29) is 6.04 Å². The van der Waals surface area contributed by atoms with Gasteiger partial charge in [0.1, 0.15) is 0 Å². The standard InChI is InChI=1S/C8H9N5S/c1-9-8(7-5-14-13-12-7)6-4-10-2-3-11-6/h2-5,8-9H,1H3. The Balaban J connectivity index is 2.31. The zero-order chi connectivity index (χ0) is 9.80. The first-order valence-electron chi connectivity index (χ1n) is 4.12. The van der Waals surface area contributed by atoms with Gasteiger partial charge in [0.25, 0.3) is 0 Å². The van der Waals surface area contributed by atoms with Gasteiger partial charge in [-0.15, -0.1) is 5.10 Å². The summed E-state index contributed by atoms with van der Waals surface area (Å²) >= 11 is 1.33. The molecule has 14 heavy (non-hydrogen) atoms. The van der Waals surface area contributed by atoms with Crippen molar-refractivity contribution < 1.29 is 0 Å². The molecule has 0 saturated heterocycles. The van der Waals surface area contributed by atoms with Crippen LogP contribution in [0.25, 0.3) is 0 Å². The van der Waals surface area contributed by atoms with Crippen molar-refractivity contribution in [3.63, 3.8) is 0 Å². The minimum absolute atomic E-state index is 0.0255. The minimum Gasteiger partial charge on any atom is -0.307 e. The number of rotatable bonds is 3. The first-order valence-corrected chi connectivity index (χ1v) is 4.95. The smallest absolute Gasteiger partial charge is 0.0986 e. The molecule has 0 fully saturated rings. The lowest BCUT2D eigenvalue weighted by atomic mass is 10.2. The van der Waals surface area contributed by atoms with Gasteiger partial charge in [-0.3, -0.25) is 9.97 Å². The second-order valence-corrected chi connectivity index (χ2v) is 3.29. The van der Waals surface area contributed by atoms with Gasteiger partial charge >= 0.3 is 0 Å². The van der Waals surface area contributed by atoms with E-state index in [9.17, 15) is 0 Å². The topological polar surface area (TPSA) is 63.6 Å². The molecule has 0 aliphatic carbocycles. The maximum Gasteiger partial charge on any atom is 0.0986 e. The molecule has 2 aromatic heterocycles. The molecule has 6 heteroatoms. The first kappa shape index (κ1) is 9.17. The van der Waals surface area contributed by atoms with Crippen LogP contribution in [0.4, 0.5) is 0 Å². The average molecular weight is 207 g/mol. The Morgan fingerprint density at radius 3 is 2.86 bits per heavy atom. The van der Waals surface area contributed by atoms with Gasteiger partial charge in [-0.2, -0.15) is 0 Å². The Hall–Kier alpha value is -1.40. The molecule has 0 aromatic carbocycles. The third kappa shape index (κ3) is 1.75. The van der Waals surface area contributed by atoms with Crippen LogP contribution in [0.5, 0.6) is 0 Å². The number of nitrogens with one attached hydrogen (secondary N) is 1. The van der Waals surface area contributed by atoms with Crippen LogP contribution in [0, 0.1) is 0 Å². The van der Waals surface area contributed by atoms with E-state index in [1.165, 1.54) is 11.5 Å². The molecule has 2 rings (SSSR count). The Morgan fingerprint density at radius 1 is 1.36 bits per heavy atom. The van der Waals surface area contributed by atoms with Gasteiger partial charge in [0.15, 0.2) is 0 Å². The molecule has 2 heterocycles. The van der Waals surface area contributed by atoms with E-state index < -0.39 is 0 Å². The van der Waals surface area contributed by atoms with Crippen molar-refractivity contribution in [2.75, 3.05) is 7.05 Å². The summed E-state index contributed by atoms with van der Waals surface area (Å²) < 4.78 is 3.82. The molecular weight excluding hydrogens is 198 g/mol. The van der Waals surface area contributed by atoms with E-state index >= 15 is 0 Å². The quantitative estimate of drug-likeness (QED) is 0.800. The van der Waals surface area contributed by atoms with Gasteiger partial charge in [-0.05, 0) is 18.6 Å².